The van der Waals surface area contributed by atoms with Crippen LogP contribution in [0.15, 0.2) is 128 Å². The number of rotatable bonds is 12. The summed E-state index contributed by atoms with van der Waals surface area (Å²) in [6.45, 7) is 2.47. The zero-order chi connectivity index (χ0) is 36.7. The molecule has 1 unspecified atom stereocenters. The van der Waals surface area contributed by atoms with E-state index in [0.29, 0.717) is 46.9 Å². The molecule has 0 fully saturated rings. The highest BCUT2D eigenvalue weighted by Gasteiger charge is 2.52. The first-order chi connectivity index (χ1) is 25.8. The molecule has 10 heteroatoms. The molecule has 8 rings (SSSR count). The van der Waals surface area contributed by atoms with Crippen LogP contribution >= 0.6 is 0 Å². The standard InChI is InChI=1S/C43H39N5O5/c1-28(11-6-7-22-46-26-37(44-45-46)35(27-49)30-13-4-3-5-14-30)43(52)36-24-33(53-2)20-21-38(36)47(42(43)51)25-29-12-8-17-32(23-29)48-39-19-10-16-31-15-9-18-34(40(31)39)41(48)50/h3-6,8-21,23-24,26,28,35,49,52H,7,22,25,27H2,1-2H3/b11-6+/t28-,35?,43+/m0/s1. The van der Waals surface area contributed by atoms with Crippen molar-refractivity contribution in [3.8, 4) is 5.75 Å². The van der Waals surface area contributed by atoms with Gasteiger partial charge in [-0.3, -0.25) is 19.2 Å². The molecule has 0 aliphatic carbocycles. The number of hydrogen-bond donors (Lipinski definition) is 2. The third-order valence-electron chi connectivity index (χ3n) is 10.4. The van der Waals surface area contributed by atoms with E-state index in [9.17, 15) is 19.8 Å². The van der Waals surface area contributed by atoms with E-state index in [1.54, 1.807) is 33.7 Å². The number of carbonyl (C=O) groups excluding carboxylic acids is 2. The van der Waals surface area contributed by atoms with Crippen LogP contribution in [0, 0.1) is 5.92 Å². The third kappa shape index (κ3) is 5.86. The van der Waals surface area contributed by atoms with Gasteiger partial charge in [-0.1, -0.05) is 91.0 Å². The number of hydrogen-bond acceptors (Lipinski definition) is 7. The van der Waals surface area contributed by atoms with Gasteiger partial charge in [-0.2, -0.15) is 0 Å². The highest BCUT2D eigenvalue weighted by Crippen LogP contribution is 2.48. The summed E-state index contributed by atoms with van der Waals surface area (Å²) >= 11 is 0. The zero-order valence-corrected chi connectivity index (χ0v) is 29.5. The Bertz CT molecular complexity index is 2370. The fourth-order valence-corrected chi connectivity index (χ4v) is 7.64. The number of aliphatic hydroxyl groups excluding tert-OH is 1. The summed E-state index contributed by atoms with van der Waals surface area (Å²) in [6, 6.07) is 34.3. The van der Waals surface area contributed by atoms with Crippen molar-refractivity contribution in [2.75, 3.05) is 23.5 Å². The average Bonchev–Trinajstić information content (AvgIpc) is 3.83. The molecule has 0 saturated carbocycles. The van der Waals surface area contributed by atoms with E-state index in [1.165, 1.54) is 0 Å². The number of amides is 2. The number of allylic oxidation sites excluding steroid dienone is 1. The van der Waals surface area contributed by atoms with Crippen molar-refractivity contribution in [3.05, 3.63) is 155 Å². The first-order valence-corrected chi connectivity index (χ1v) is 17.7. The Morgan fingerprint density at radius 1 is 0.906 bits per heavy atom. The second kappa shape index (κ2) is 13.8. The van der Waals surface area contributed by atoms with Crippen molar-refractivity contribution < 1.29 is 24.5 Å². The molecule has 2 aliphatic rings. The van der Waals surface area contributed by atoms with Gasteiger partial charge in [0.15, 0.2) is 5.60 Å². The number of ether oxygens (including phenoxy) is 1. The molecule has 0 saturated heterocycles. The molecule has 2 aliphatic heterocycles. The maximum atomic E-state index is 14.4. The second-order valence-electron chi connectivity index (χ2n) is 13.6. The highest BCUT2D eigenvalue weighted by molar-refractivity contribution is 6.27. The number of nitrogens with zero attached hydrogens (tertiary/aromatic N) is 5. The molecule has 3 heterocycles. The van der Waals surface area contributed by atoms with Gasteiger partial charge in [0.2, 0.25) is 0 Å². The topological polar surface area (TPSA) is 121 Å². The number of aryl methyl sites for hydroxylation is 1. The van der Waals surface area contributed by atoms with E-state index in [4.69, 9.17) is 4.74 Å². The van der Waals surface area contributed by atoms with E-state index < -0.39 is 17.4 Å². The number of fused-ring (bicyclic) bond motifs is 1. The molecule has 3 atom stereocenters. The molecule has 10 nitrogen and oxygen atoms in total. The fourth-order valence-electron chi connectivity index (χ4n) is 7.64. The first kappa shape index (κ1) is 34.0. The van der Waals surface area contributed by atoms with E-state index in [2.05, 4.69) is 10.3 Å². The molecule has 6 aromatic rings. The monoisotopic (exact) mass is 705 g/mol. The van der Waals surface area contributed by atoms with Crippen molar-refractivity contribution in [3.63, 3.8) is 0 Å². The van der Waals surface area contributed by atoms with Gasteiger partial charge < -0.3 is 19.8 Å². The minimum atomic E-state index is -1.84. The molecule has 0 spiro atoms. The maximum Gasteiger partial charge on any atom is 0.264 e. The van der Waals surface area contributed by atoms with Gasteiger partial charge in [-0.05, 0) is 65.4 Å². The van der Waals surface area contributed by atoms with Gasteiger partial charge >= 0.3 is 0 Å². The number of aliphatic hydroxyl groups is 2. The lowest BCUT2D eigenvalue weighted by molar-refractivity contribution is -0.139. The van der Waals surface area contributed by atoms with Crippen molar-refractivity contribution in [2.45, 2.75) is 38.0 Å². The Balaban J connectivity index is 1.01. The van der Waals surface area contributed by atoms with Gasteiger partial charge in [0.1, 0.15) is 5.75 Å². The summed E-state index contributed by atoms with van der Waals surface area (Å²) < 4.78 is 7.24. The minimum absolute atomic E-state index is 0.0782. The van der Waals surface area contributed by atoms with Crippen LogP contribution in [-0.4, -0.2) is 50.7 Å². The minimum Gasteiger partial charge on any atom is -0.497 e. The first-order valence-electron chi connectivity index (χ1n) is 17.7. The van der Waals surface area contributed by atoms with Gasteiger partial charge in [-0.25, -0.2) is 0 Å². The van der Waals surface area contributed by atoms with E-state index >= 15 is 0 Å². The quantitative estimate of drug-likeness (QED) is 0.133. The Morgan fingerprint density at radius 3 is 2.49 bits per heavy atom. The lowest BCUT2D eigenvalue weighted by Crippen LogP contribution is -2.44. The van der Waals surface area contributed by atoms with Crippen LogP contribution in [0.5, 0.6) is 5.75 Å². The van der Waals surface area contributed by atoms with Crippen LogP contribution in [0.4, 0.5) is 17.1 Å². The van der Waals surface area contributed by atoms with E-state index in [0.717, 1.165) is 27.6 Å². The number of carbonyl (C=O) groups is 2. The van der Waals surface area contributed by atoms with Crippen LogP contribution in [0.2, 0.25) is 0 Å². The van der Waals surface area contributed by atoms with Gasteiger partial charge in [-0.15, -0.1) is 5.10 Å². The van der Waals surface area contributed by atoms with Crippen molar-refractivity contribution in [1.82, 2.24) is 15.0 Å². The highest BCUT2D eigenvalue weighted by atomic mass is 16.5. The van der Waals surface area contributed by atoms with Crippen molar-refractivity contribution in [1.29, 1.82) is 0 Å². The molecule has 0 radical (unpaired) electrons. The molecule has 2 N–H and O–H groups in total. The summed E-state index contributed by atoms with van der Waals surface area (Å²) in [5.74, 6) is -0.837. The van der Waals surface area contributed by atoms with Crippen LogP contribution in [0.25, 0.3) is 10.8 Å². The van der Waals surface area contributed by atoms with Crippen LogP contribution in [-0.2, 0) is 23.5 Å². The summed E-state index contributed by atoms with van der Waals surface area (Å²) in [7, 11) is 1.56. The smallest absolute Gasteiger partial charge is 0.264 e. The summed E-state index contributed by atoms with van der Waals surface area (Å²) in [5.41, 5.74) is 3.90. The van der Waals surface area contributed by atoms with Gasteiger partial charge in [0.05, 0.1) is 48.8 Å². The molecule has 266 valence electrons. The van der Waals surface area contributed by atoms with Crippen molar-refractivity contribution >= 4 is 39.6 Å². The molecule has 0 bridgehead atoms. The van der Waals surface area contributed by atoms with Crippen LogP contribution < -0.4 is 14.5 Å². The Labute approximate surface area is 307 Å². The lowest BCUT2D eigenvalue weighted by Gasteiger charge is -2.28. The average molecular weight is 706 g/mol. The second-order valence-corrected chi connectivity index (χ2v) is 13.6. The Hall–Kier alpha value is -6.10. The number of methoxy groups -OCH3 is 1. The largest absolute Gasteiger partial charge is 0.497 e. The summed E-state index contributed by atoms with van der Waals surface area (Å²) in [5, 5.41) is 32.8. The predicted molar refractivity (Wildman–Crippen MR) is 203 cm³/mol. The number of aromatic nitrogens is 3. The van der Waals surface area contributed by atoms with Gasteiger partial charge in [0, 0.05) is 35.3 Å². The molecule has 5 aromatic carbocycles. The van der Waals surface area contributed by atoms with Crippen LogP contribution in [0.1, 0.15) is 52.0 Å². The molecule has 2 amide bonds. The lowest BCUT2D eigenvalue weighted by atomic mass is 9.83. The SMILES string of the molecule is COc1ccc2c(c1)[C@](O)([C@@H](C)/C=C/CCn1cc(C(CO)c3ccccc3)nn1)C(=O)N2Cc1cccc(N2C(=O)c3cccc4cccc2c34)c1. The number of anilines is 3. The zero-order valence-electron chi connectivity index (χ0n) is 29.5. The number of benzene rings is 5. The molecular formula is C43H39N5O5. The van der Waals surface area contributed by atoms with E-state index in [-0.39, 0.29) is 25.0 Å². The third-order valence-corrected chi connectivity index (χ3v) is 10.4. The van der Waals surface area contributed by atoms with E-state index in [1.807, 2.05) is 122 Å². The molecular weight excluding hydrogens is 667 g/mol. The summed E-state index contributed by atoms with van der Waals surface area (Å²) in [6.07, 6.45) is 6.23. The Kier molecular flexibility index (Phi) is 8.85. The molecule has 1 aromatic heterocycles. The van der Waals surface area contributed by atoms with Gasteiger partial charge in [0.25, 0.3) is 11.8 Å². The normalized spacial score (nSPS) is 17.6. The fraction of sp³-hybridized carbons (Fsp3) is 0.209. The van der Waals surface area contributed by atoms with Crippen LogP contribution in [0.3, 0.4) is 0 Å². The molecule has 53 heavy (non-hydrogen) atoms. The maximum absolute atomic E-state index is 14.4. The predicted octanol–water partition coefficient (Wildman–Crippen LogP) is 6.87. The van der Waals surface area contributed by atoms with Crippen molar-refractivity contribution in [2.24, 2.45) is 5.92 Å². The Morgan fingerprint density at radius 2 is 1.70 bits per heavy atom. The summed E-state index contributed by atoms with van der Waals surface area (Å²) in [4.78, 5) is 31.3.